The maximum absolute atomic E-state index is 10.5. The third-order valence-electron chi connectivity index (χ3n) is 1.39. The van der Waals surface area contributed by atoms with Crippen LogP contribution in [0.1, 0.15) is 20.7 Å². The quantitative estimate of drug-likeness (QED) is 0.789. The van der Waals surface area contributed by atoms with Crippen molar-refractivity contribution in [2.24, 2.45) is 0 Å². The van der Waals surface area contributed by atoms with Crippen LogP contribution in [0.25, 0.3) is 0 Å². The Morgan fingerprint density at radius 1 is 0.923 bits per heavy atom. The Morgan fingerprint density at radius 3 is 1.46 bits per heavy atom. The maximum atomic E-state index is 10.5. The molecule has 13 heavy (non-hydrogen) atoms. The van der Waals surface area contributed by atoms with E-state index in [0.717, 1.165) is 0 Å². The Kier molecular flexibility index (Phi) is 4.16. The summed E-state index contributed by atoms with van der Waals surface area (Å²) in [4.78, 5) is 20.9. The molecule has 1 aromatic rings. The van der Waals surface area contributed by atoms with Crippen molar-refractivity contribution in [3.8, 4) is 0 Å². The SMILES string of the molecule is O=C(O)c1ccccc1C(=O)O.[Co]. The van der Waals surface area contributed by atoms with Gasteiger partial charge < -0.3 is 10.2 Å². The first kappa shape index (κ1) is 11.7. The smallest absolute Gasteiger partial charge is 0.336 e. The van der Waals surface area contributed by atoms with E-state index in [2.05, 4.69) is 0 Å². The number of benzene rings is 1. The molecule has 0 fully saturated rings. The second kappa shape index (κ2) is 4.63. The number of hydrogen-bond acceptors (Lipinski definition) is 2. The Balaban J connectivity index is 0.00000144. The van der Waals surface area contributed by atoms with Crippen LogP contribution in [0.3, 0.4) is 0 Å². The Labute approximate surface area is 84.4 Å². The normalized spacial score (nSPS) is 8.62. The summed E-state index contributed by atoms with van der Waals surface area (Å²) in [7, 11) is 0. The second-order valence-corrected chi connectivity index (χ2v) is 2.16. The fourth-order valence-corrected chi connectivity index (χ4v) is 0.856. The molecule has 0 bridgehead atoms. The number of rotatable bonds is 2. The Hall–Kier alpha value is -1.33. The molecule has 1 aromatic carbocycles. The van der Waals surface area contributed by atoms with Gasteiger partial charge in [-0.05, 0) is 12.1 Å². The summed E-state index contributed by atoms with van der Waals surface area (Å²) >= 11 is 0. The van der Waals surface area contributed by atoms with Crippen molar-refractivity contribution in [1.82, 2.24) is 0 Å². The van der Waals surface area contributed by atoms with Crippen LogP contribution in [0.15, 0.2) is 24.3 Å². The van der Waals surface area contributed by atoms with Crippen molar-refractivity contribution >= 4 is 11.9 Å². The molecule has 0 saturated heterocycles. The molecule has 0 saturated carbocycles. The average Bonchev–Trinajstić information content (AvgIpc) is 2.04. The van der Waals surface area contributed by atoms with Gasteiger partial charge in [0, 0.05) is 16.8 Å². The third kappa shape index (κ3) is 2.57. The standard InChI is InChI=1S/C8H6O4.Co/c9-7(10)5-3-1-2-4-6(5)8(11)12;/h1-4H,(H,9,10)(H,11,12);. The largest absolute Gasteiger partial charge is 0.478 e. The Bertz CT molecular complexity index is 302. The molecule has 4 nitrogen and oxygen atoms in total. The van der Waals surface area contributed by atoms with E-state index in [1.54, 1.807) is 0 Å². The van der Waals surface area contributed by atoms with Crippen LogP contribution in [0, 0.1) is 0 Å². The molecule has 2 N–H and O–H groups in total. The first-order valence-corrected chi connectivity index (χ1v) is 3.18. The molecule has 0 aliphatic carbocycles. The summed E-state index contributed by atoms with van der Waals surface area (Å²) < 4.78 is 0. The molecule has 5 heteroatoms. The van der Waals surface area contributed by atoms with E-state index < -0.39 is 11.9 Å². The number of carbonyl (C=O) groups is 2. The minimum atomic E-state index is -1.23. The molecule has 0 amide bonds. The first-order chi connectivity index (χ1) is 5.63. The van der Waals surface area contributed by atoms with E-state index in [1.165, 1.54) is 24.3 Å². The molecule has 0 aliphatic rings. The maximum Gasteiger partial charge on any atom is 0.336 e. The van der Waals surface area contributed by atoms with Gasteiger partial charge in [-0.3, -0.25) is 0 Å². The van der Waals surface area contributed by atoms with Gasteiger partial charge in [0.15, 0.2) is 0 Å². The molecule has 0 atom stereocenters. The first-order valence-electron chi connectivity index (χ1n) is 3.18. The van der Waals surface area contributed by atoms with Gasteiger partial charge >= 0.3 is 11.9 Å². The van der Waals surface area contributed by atoms with Gasteiger partial charge in [-0.2, -0.15) is 0 Å². The van der Waals surface area contributed by atoms with Gasteiger partial charge in [0.25, 0.3) is 0 Å². The third-order valence-corrected chi connectivity index (χ3v) is 1.39. The molecule has 0 heterocycles. The van der Waals surface area contributed by atoms with Crippen LogP contribution >= 0.6 is 0 Å². The second-order valence-electron chi connectivity index (χ2n) is 2.16. The average molecular weight is 225 g/mol. The molecule has 0 aromatic heterocycles. The Morgan fingerprint density at radius 2 is 1.23 bits per heavy atom. The summed E-state index contributed by atoms with van der Waals surface area (Å²) in [6.45, 7) is 0. The van der Waals surface area contributed by atoms with Crippen molar-refractivity contribution in [3.63, 3.8) is 0 Å². The van der Waals surface area contributed by atoms with Gasteiger partial charge in [-0.25, -0.2) is 9.59 Å². The van der Waals surface area contributed by atoms with E-state index in [-0.39, 0.29) is 27.9 Å². The van der Waals surface area contributed by atoms with E-state index in [4.69, 9.17) is 10.2 Å². The summed E-state index contributed by atoms with van der Waals surface area (Å²) in [5.41, 5.74) is -0.380. The predicted octanol–water partition coefficient (Wildman–Crippen LogP) is 1.08. The van der Waals surface area contributed by atoms with Gasteiger partial charge in [-0.1, -0.05) is 12.1 Å². The van der Waals surface area contributed by atoms with Crippen LogP contribution in [0.4, 0.5) is 0 Å². The summed E-state index contributed by atoms with van der Waals surface area (Å²) in [5, 5.41) is 17.1. The number of carboxylic acid groups (broad SMARTS) is 2. The van der Waals surface area contributed by atoms with Crippen molar-refractivity contribution in [2.75, 3.05) is 0 Å². The van der Waals surface area contributed by atoms with Gasteiger partial charge in [0.2, 0.25) is 0 Å². The van der Waals surface area contributed by atoms with E-state index in [0.29, 0.717) is 0 Å². The van der Waals surface area contributed by atoms with Crippen molar-refractivity contribution in [3.05, 3.63) is 35.4 Å². The van der Waals surface area contributed by atoms with Crippen LogP contribution in [0.2, 0.25) is 0 Å². The van der Waals surface area contributed by atoms with E-state index in [1.807, 2.05) is 0 Å². The van der Waals surface area contributed by atoms with Crippen molar-refractivity contribution in [1.29, 1.82) is 0 Å². The summed E-state index contributed by atoms with van der Waals surface area (Å²) in [6.07, 6.45) is 0. The van der Waals surface area contributed by atoms with Crippen LogP contribution < -0.4 is 0 Å². The summed E-state index contributed by atoms with van der Waals surface area (Å²) in [5.74, 6) is -2.46. The molecule has 0 unspecified atom stereocenters. The monoisotopic (exact) mass is 225 g/mol. The van der Waals surface area contributed by atoms with Crippen LogP contribution in [0.5, 0.6) is 0 Å². The molecular formula is C8H6CoO4. The zero-order valence-corrected chi connectivity index (χ0v) is 7.39. The van der Waals surface area contributed by atoms with E-state index >= 15 is 0 Å². The van der Waals surface area contributed by atoms with Crippen LogP contribution in [-0.4, -0.2) is 22.2 Å². The van der Waals surface area contributed by atoms with Crippen molar-refractivity contribution in [2.45, 2.75) is 0 Å². The number of carboxylic acids is 2. The molecule has 0 spiro atoms. The zero-order valence-electron chi connectivity index (χ0n) is 6.35. The topological polar surface area (TPSA) is 74.6 Å². The van der Waals surface area contributed by atoms with Gasteiger partial charge in [0.1, 0.15) is 0 Å². The molecule has 0 aliphatic heterocycles. The number of hydrogen-bond donors (Lipinski definition) is 2. The fraction of sp³-hybridized carbons (Fsp3) is 0. The minimum Gasteiger partial charge on any atom is -0.478 e. The molecular weight excluding hydrogens is 219 g/mol. The fourth-order valence-electron chi connectivity index (χ4n) is 0.856. The van der Waals surface area contributed by atoms with Crippen molar-refractivity contribution < 1.29 is 36.6 Å². The zero-order chi connectivity index (χ0) is 9.14. The van der Waals surface area contributed by atoms with E-state index in [9.17, 15) is 9.59 Å². The molecule has 1 radical (unpaired) electrons. The molecule has 1 rings (SSSR count). The minimum absolute atomic E-state index is 0. The number of aromatic carboxylic acids is 2. The van der Waals surface area contributed by atoms with Gasteiger partial charge in [0.05, 0.1) is 11.1 Å². The predicted molar refractivity (Wildman–Crippen MR) is 40.4 cm³/mol. The summed E-state index contributed by atoms with van der Waals surface area (Å²) in [6, 6.07) is 5.48. The van der Waals surface area contributed by atoms with Gasteiger partial charge in [-0.15, -0.1) is 0 Å². The van der Waals surface area contributed by atoms with Crippen LogP contribution in [-0.2, 0) is 16.8 Å². The molecule has 71 valence electrons.